The summed E-state index contributed by atoms with van der Waals surface area (Å²) >= 11 is 0. The zero-order valence-electron chi connectivity index (χ0n) is 17.7. The topological polar surface area (TPSA) is 75.7 Å². The quantitative estimate of drug-likeness (QED) is 0.674. The number of nitrogens with zero attached hydrogens (tertiary/aromatic N) is 1. The van der Waals surface area contributed by atoms with Gasteiger partial charge in [-0.15, -0.1) is 0 Å². The Hall–Kier alpha value is -2.54. The monoisotopic (exact) mass is 418 g/mol. The number of amides is 1. The highest BCUT2D eigenvalue weighted by Gasteiger charge is 2.30. The van der Waals surface area contributed by atoms with E-state index in [9.17, 15) is 13.2 Å². The highest BCUT2D eigenvalue weighted by Crippen LogP contribution is 2.24. The fourth-order valence-electron chi connectivity index (χ4n) is 3.24. The molecule has 2 aromatic rings. The number of rotatable bonds is 9. The Balaban J connectivity index is 2.24. The van der Waals surface area contributed by atoms with Gasteiger partial charge in [0.1, 0.15) is 11.8 Å². The number of benzene rings is 2. The Labute approximate surface area is 173 Å². The maximum atomic E-state index is 13.0. The number of methoxy groups -OCH3 is 1. The van der Waals surface area contributed by atoms with Crippen LogP contribution in [-0.2, 0) is 21.2 Å². The summed E-state index contributed by atoms with van der Waals surface area (Å²) in [6.45, 7) is 5.60. The van der Waals surface area contributed by atoms with Gasteiger partial charge < -0.3 is 10.1 Å². The molecule has 0 bridgehead atoms. The molecule has 29 heavy (non-hydrogen) atoms. The summed E-state index contributed by atoms with van der Waals surface area (Å²) < 4.78 is 31.3. The molecule has 158 valence electrons. The molecule has 0 aromatic heterocycles. The summed E-state index contributed by atoms with van der Waals surface area (Å²) in [5.74, 6) is 0.389. The lowest BCUT2D eigenvalue weighted by molar-refractivity contribution is -0.122. The second-order valence-electron chi connectivity index (χ2n) is 7.00. The first-order chi connectivity index (χ1) is 13.7. The van der Waals surface area contributed by atoms with E-state index in [1.165, 1.54) is 4.31 Å². The Kier molecular flexibility index (Phi) is 7.67. The van der Waals surface area contributed by atoms with Crippen molar-refractivity contribution in [3.63, 3.8) is 0 Å². The third-order valence-corrected chi connectivity index (χ3v) is 6.17. The summed E-state index contributed by atoms with van der Waals surface area (Å²) in [5.41, 5.74) is 2.52. The fraction of sp³-hybridized carbons (Fsp3) is 0.409. The van der Waals surface area contributed by atoms with E-state index < -0.39 is 16.1 Å². The molecule has 0 unspecified atom stereocenters. The zero-order valence-corrected chi connectivity index (χ0v) is 18.5. The van der Waals surface area contributed by atoms with Crippen LogP contribution in [0, 0.1) is 0 Å². The highest BCUT2D eigenvalue weighted by atomic mass is 32.2. The number of sulfonamides is 1. The number of hydrogen-bond acceptors (Lipinski definition) is 4. The molecule has 0 aliphatic rings. The number of hydrogen-bond donors (Lipinski definition) is 1. The van der Waals surface area contributed by atoms with Gasteiger partial charge in [0.05, 0.1) is 25.1 Å². The maximum Gasteiger partial charge on any atom is 0.244 e. The molecular weight excluding hydrogens is 388 g/mol. The van der Waals surface area contributed by atoms with Gasteiger partial charge in [-0.1, -0.05) is 38.1 Å². The molecule has 6 nitrogen and oxygen atoms in total. The first-order valence-corrected chi connectivity index (χ1v) is 11.6. The lowest BCUT2D eigenvalue weighted by atomic mass is 10.0. The van der Waals surface area contributed by atoms with Crippen LogP contribution < -0.4 is 14.4 Å². The van der Waals surface area contributed by atoms with E-state index in [4.69, 9.17) is 4.74 Å². The Morgan fingerprint density at radius 1 is 1.07 bits per heavy atom. The first-order valence-electron chi connectivity index (χ1n) is 9.73. The third kappa shape index (κ3) is 5.73. The van der Waals surface area contributed by atoms with E-state index in [0.29, 0.717) is 12.1 Å². The molecule has 0 aliphatic heterocycles. The predicted molar refractivity (Wildman–Crippen MR) is 117 cm³/mol. The molecule has 0 heterocycles. The summed E-state index contributed by atoms with van der Waals surface area (Å²) in [4.78, 5) is 13.0. The van der Waals surface area contributed by atoms with Crippen molar-refractivity contribution in [1.82, 2.24) is 5.32 Å². The molecule has 2 atom stereocenters. The fourth-order valence-corrected chi connectivity index (χ4v) is 4.41. The van der Waals surface area contributed by atoms with Gasteiger partial charge in [-0.25, -0.2) is 8.42 Å². The Bertz CT molecular complexity index is 909. The number of nitrogens with one attached hydrogen (secondary N) is 1. The van der Waals surface area contributed by atoms with E-state index in [0.717, 1.165) is 29.6 Å². The molecule has 0 saturated heterocycles. The average Bonchev–Trinajstić information content (AvgIpc) is 2.71. The van der Waals surface area contributed by atoms with Crippen molar-refractivity contribution in [3.05, 3.63) is 59.7 Å². The minimum absolute atomic E-state index is 0.222. The average molecular weight is 419 g/mol. The summed E-state index contributed by atoms with van der Waals surface area (Å²) in [6, 6.07) is 13.6. The van der Waals surface area contributed by atoms with Gasteiger partial charge in [0.2, 0.25) is 15.9 Å². The summed E-state index contributed by atoms with van der Waals surface area (Å²) in [6.07, 6.45) is 2.65. The molecule has 0 spiro atoms. The van der Waals surface area contributed by atoms with Crippen LogP contribution >= 0.6 is 0 Å². The lowest BCUT2D eigenvalue weighted by Gasteiger charge is -2.30. The lowest BCUT2D eigenvalue weighted by Crippen LogP contribution is -2.48. The van der Waals surface area contributed by atoms with Crippen molar-refractivity contribution in [3.8, 4) is 5.75 Å². The second kappa shape index (κ2) is 9.78. The molecule has 1 N–H and O–H groups in total. The van der Waals surface area contributed by atoms with Crippen LogP contribution in [0.4, 0.5) is 5.69 Å². The molecule has 0 radical (unpaired) electrons. The Morgan fingerprint density at radius 3 is 2.10 bits per heavy atom. The molecular formula is C22H30N2O4S. The normalized spacial score (nSPS) is 13.4. The zero-order chi connectivity index (χ0) is 21.6. The number of carbonyl (C=O) groups excluding carboxylic acids is 1. The van der Waals surface area contributed by atoms with E-state index >= 15 is 0 Å². The number of anilines is 1. The van der Waals surface area contributed by atoms with E-state index in [2.05, 4.69) is 5.32 Å². The van der Waals surface area contributed by atoms with Crippen LogP contribution in [-0.4, -0.2) is 33.7 Å². The van der Waals surface area contributed by atoms with Crippen LogP contribution in [0.25, 0.3) is 0 Å². The van der Waals surface area contributed by atoms with Crippen molar-refractivity contribution in [2.24, 2.45) is 0 Å². The van der Waals surface area contributed by atoms with Crippen molar-refractivity contribution in [1.29, 1.82) is 0 Å². The van der Waals surface area contributed by atoms with Gasteiger partial charge in [0, 0.05) is 0 Å². The molecule has 0 aliphatic carbocycles. The summed E-state index contributed by atoms with van der Waals surface area (Å²) in [5, 5.41) is 2.98. The summed E-state index contributed by atoms with van der Waals surface area (Å²) in [7, 11) is -2.04. The molecule has 2 aromatic carbocycles. The molecule has 0 fully saturated rings. The van der Waals surface area contributed by atoms with Gasteiger partial charge in [0.25, 0.3) is 0 Å². The van der Waals surface area contributed by atoms with Gasteiger partial charge in [-0.05, 0) is 55.2 Å². The smallest absolute Gasteiger partial charge is 0.244 e. The number of carbonyl (C=O) groups is 1. The van der Waals surface area contributed by atoms with Crippen LogP contribution in [0.5, 0.6) is 5.75 Å². The van der Waals surface area contributed by atoms with Gasteiger partial charge in [-0.3, -0.25) is 9.10 Å². The molecule has 7 heteroatoms. The number of ether oxygens (including phenoxy) is 1. The Morgan fingerprint density at radius 2 is 1.66 bits per heavy atom. The third-order valence-electron chi connectivity index (χ3n) is 4.93. The maximum absolute atomic E-state index is 13.0. The predicted octanol–water partition coefficient (Wildman–Crippen LogP) is 3.68. The SMILES string of the molecule is CCc1ccc(N([C@@H](C)C(=O)N[C@@H](CC)c2ccc(OC)cc2)S(C)(=O)=O)cc1. The second-order valence-corrected chi connectivity index (χ2v) is 8.86. The van der Waals surface area contributed by atoms with E-state index in [1.807, 2.05) is 50.2 Å². The molecule has 1 amide bonds. The molecule has 0 saturated carbocycles. The van der Waals surface area contributed by atoms with Gasteiger partial charge in [-0.2, -0.15) is 0 Å². The van der Waals surface area contributed by atoms with Crippen molar-refractivity contribution >= 4 is 21.6 Å². The van der Waals surface area contributed by atoms with Crippen LogP contribution in [0.3, 0.4) is 0 Å². The van der Waals surface area contributed by atoms with Crippen molar-refractivity contribution in [2.45, 2.75) is 45.7 Å². The van der Waals surface area contributed by atoms with Crippen molar-refractivity contribution < 1.29 is 17.9 Å². The van der Waals surface area contributed by atoms with Crippen LogP contribution in [0.1, 0.15) is 44.4 Å². The standard InChI is InChI=1S/C22H30N2O4S/c1-6-17-8-12-19(13-9-17)24(29(5,26)27)16(3)22(25)23-21(7-2)18-10-14-20(28-4)15-11-18/h8-16,21H,6-7H2,1-5H3,(H,23,25)/t16-,21-/m0/s1. The minimum atomic E-state index is -3.64. The minimum Gasteiger partial charge on any atom is -0.497 e. The number of aryl methyl sites for hydroxylation is 1. The largest absolute Gasteiger partial charge is 0.497 e. The van der Waals surface area contributed by atoms with Gasteiger partial charge in [0.15, 0.2) is 0 Å². The first kappa shape index (κ1) is 22.7. The van der Waals surface area contributed by atoms with E-state index in [-0.39, 0.29) is 11.9 Å². The van der Waals surface area contributed by atoms with E-state index in [1.54, 1.807) is 26.2 Å². The van der Waals surface area contributed by atoms with Crippen LogP contribution in [0.15, 0.2) is 48.5 Å². The van der Waals surface area contributed by atoms with Gasteiger partial charge >= 0.3 is 0 Å². The van der Waals surface area contributed by atoms with Crippen LogP contribution in [0.2, 0.25) is 0 Å². The van der Waals surface area contributed by atoms with Crippen molar-refractivity contribution in [2.75, 3.05) is 17.7 Å². The molecule has 2 rings (SSSR count). The highest BCUT2D eigenvalue weighted by molar-refractivity contribution is 7.92.